The van der Waals surface area contributed by atoms with Crippen LogP contribution in [0.25, 0.3) is 0 Å². The quantitative estimate of drug-likeness (QED) is 0.672. The Kier molecular flexibility index (Phi) is 8.09. The number of amides is 2. The zero-order chi connectivity index (χ0) is 18.9. The van der Waals surface area contributed by atoms with Gasteiger partial charge in [0, 0.05) is 12.3 Å². The Morgan fingerprint density at radius 3 is 2.54 bits per heavy atom. The lowest BCUT2D eigenvalue weighted by molar-refractivity contribution is -0.122. The fraction of sp³-hybridized carbons (Fsp3) is 0.579. The van der Waals surface area contributed by atoms with E-state index in [1.165, 1.54) is 11.8 Å². The second kappa shape index (κ2) is 10.3. The normalized spacial score (nSPS) is 15.0. The second-order valence-electron chi connectivity index (χ2n) is 6.23. The van der Waals surface area contributed by atoms with E-state index in [-0.39, 0.29) is 23.7 Å². The zero-order valence-electron chi connectivity index (χ0n) is 15.7. The summed E-state index contributed by atoms with van der Waals surface area (Å²) in [5, 5.41) is 2.92. The molecule has 1 atom stereocenters. The van der Waals surface area contributed by atoms with Crippen LogP contribution in [0.1, 0.15) is 45.2 Å². The average Bonchev–Trinajstić information content (AvgIpc) is 3.02. The predicted molar refractivity (Wildman–Crippen MR) is 104 cm³/mol. The van der Waals surface area contributed by atoms with Crippen LogP contribution in [0.4, 0.5) is 4.79 Å². The molecule has 1 fully saturated rings. The third-order valence-electron chi connectivity index (χ3n) is 3.95. The van der Waals surface area contributed by atoms with Crippen LogP contribution in [0.15, 0.2) is 18.2 Å². The summed E-state index contributed by atoms with van der Waals surface area (Å²) in [6, 6.07) is 5.56. The van der Waals surface area contributed by atoms with Crippen molar-refractivity contribution in [2.45, 2.75) is 39.7 Å². The van der Waals surface area contributed by atoms with Crippen molar-refractivity contribution in [2.75, 3.05) is 32.1 Å². The first-order valence-corrected chi connectivity index (χ1v) is 10.1. The van der Waals surface area contributed by atoms with Gasteiger partial charge in [0.2, 0.25) is 5.91 Å². The summed E-state index contributed by atoms with van der Waals surface area (Å²) in [5.41, 5.74) is 0.940. The maximum Gasteiger partial charge on any atom is 0.282 e. The van der Waals surface area contributed by atoms with Crippen molar-refractivity contribution in [1.29, 1.82) is 0 Å². The monoisotopic (exact) mass is 380 g/mol. The van der Waals surface area contributed by atoms with Crippen molar-refractivity contribution in [3.8, 4) is 11.5 Å². The number of hydrogen-bond donors (Lipinski definition) is 1. The molecule has 1 saturated heterocycles. The van der Waals surface area contributed by atoms with Crippen molar-refractivity contribution in [3.63, 3.8) is 0 Å². The summed E-state index contributed by atoms with van der Waals surface area (Å²) in [6.07, 6.45) is 1.83. The van der Waals surface area contributed by atoms with Crippen molar-refractivity contribution in [3.05, 3.63) is 23.8 Å². The van der Waals surface area contributed by atoms with Gasteiger partial charge in [0.15, 0.2) is 11.5 Å². The highest BCUT2D eigenvalue weighted by atomic mass is 32.2. The smallest absolute Gasteiger partial charge is 0.282 e. The predicted octanol–water partition coefficient (Wildman–Crippen LogP) is 3.61. The third kappa shape index (κ3) is 5.83. The van der Waals surface area contributed by atoms with Gasteiger partial charge in [-0.3, -0.25) is 9.59 Å². The molecular weight excluding hydrogens is 352 g/mol. The molecule has 144 valence electrons. The molecule has 0 aliphatic carbocycles. The number of hydrogen-bond acceptors (Lipinski definition) is 5. The highest BCUT2D eigenvalue weighted by Crippen LogP contribution is 2.31. The van der Waals surface area contributed by atoms with E-state index in [1.807, 2.05) is 25.1 Å². The lowest BCUT2D eigenvalue weighted by atomic mass is 10.1. The molecule has 1 heterocycles. The van der Waals surface area contributed by atoms with Gasteiger partial charge in [-0.05, 0) is 37.5 Å². The molecule has 6 nitrogen and oxygen atoms in total. The summed E-state index contributed by atoms with van der Waals surface area (Å²) >= 11 is 1.26. The fourth-order valence-corrected chi connectivity index (χ4v) is 3.39. The van der Waals surface area contributed by atoms with Gasteiger partial charge in [0.25, 0.3) is 5.24 Å². The Morgan fingerprint density at radius 2 is 1.92 bits per heavy atom. The van der Waals surface area contributed by atoms with Crippen LogP contribution in [0.2, 0.25) is 0 Å². The summed E-state index contributed by atoms with van der Waals surface area (Å²) in [6.45, 7) is 8.01. The third-order valence-corrected chi connectivity index (χ3v) is 4.84. The van der Waals surface area contributed by atoms with E-state index in [9.17, 15) is 9.59 Å². The standard InChI is InChI=1S/C19H28N2O4S/c1-4-9-24-16-7-6-15(12-17(16)25-10-5-2)14(3)20-18(22)13-21-8-11-26-19(21)23/h6-7,12,14H,4-5,8-11,13H2,1-3H3,(H,20,22)/t14-/m1/s1. The summed E-state index contributed by atoms with van der Waals surface area (Å²) in [4.78, 5) is 25.4. The first kappa shape index (κ1) is 20.4. The van der Waals surface area contributed by atoms with E-state index in [4.69, 9.17) is 9.47 Å². The summed E-state index contributed by atoms with van der Waals surface area (Å²) in [5.74, 6) is 2.02. The molecule has 26 heavy (non-hydrogen) atoms. The number of rotatable bonds is 10. The van der Waals surface area contributed by atoms with Gasteiger partial charge < -0.3 is 19.7 Å². The number of nitrogens with one attached hydrogen (secondary N) is 1. The van der Waals surface area contributed by atoms with Gasteiger partial charge in [0.05, 0.1) is 19.3 Å². The number of carbonyl (C=O) groups excluding carboxylic acids is 2. The lowest BCUT2D eigenvalue weighted by Crippen LogP contribution is -2.38. The highest BCUT2D eigenvalue weighted by Gasteiger charge is 2.24. The molecule has 1 aliphatic rings. The number of thioether (sulfide) groups is 1. The molecule has 1 N–H and O–H groups in total. The molecule has 0 unspecified atom stereocenters. The second-order valence-corrected chi connectivity index (χ2v) is 7.27. The number of benzene rings is 1. The molecule has 0 radical (unpaired) electrons. The van der Waals surface area contributed by atoms with Gasteiger partial charge in [0.1, 0.15) is 6.54 Å². The molecular formula is C19H28N2O4S. The minimum atomic E-state index is -0.183. The zero-order valence-corrected chi connectivity index (χ0v) is 16.6. The van der Waals surface area contributed by atoms with Crippen molar-refractivity contribution >= 4 is 22.9 Å². The van der Waals surface area contributed by atoms with Crippen molar-refractivity contribution in [1.82, 2.24) is 10.2 Å². The minimum absolute atomic E-state index is 0.0273. The van der Waals surface area contributed by atoms with Crippen LogP contribution in [-0.2, 0) is 4.79 Å². The van der Waals surface area contributed by atoms with E-state index in [2.05, 4.69) is 19.2 Å². The molecule has 7 heteroatoms. The van der Waals surface area contributed by atoms with Crippen LogP contribution in [0, 0.1) is 0 Å². The van der Waals surface area contributed by atoms with E-state index >= 15 is 0 Å². The number of carbonyl (C=O) groups is 2. The Labute approximate surface area is 159 Å². The molecule has 2 amide bonds. The van der Waals surface area contributed by atoms with Crippen LogP contribution in [0.3, 0.4) is 0 Å². The number of nitrogens with zero attached hydrogens (tertiary/aromatic N) is 1. The van der Waals surface area contributed by atoms with E-state index in [0.717, 1.165) is 29.9 Å². The summed E-state index contributed by atoms with van der Waals surface area (Å²) < 4.78 is 11.5. The Balaban J connectivity index is 2.00. The van der Waals surface area contributed by atoms with Crippen molar-refractivity contribution in [2.24, 2.45) is 0 Å². The van der Waals surface area contributed by atoms with E-state index in [0.29, 0.717) is 25.5 Å². The van der Waals surface area contributed by atoms with Gasteiger partial charge in [-0.1, -0.05) is 31.7 Å². The Morgan fingerprint density at radius 1 is 1.23 bits per heavy atom. The molecule has 0 spiro atoms. The Hall–Kier alpha value is -1.89. The van der Waals surface area contributed by atoms with Crippen LogP contribution < -0.4 is 14.8 Å². The first-order valence-electron chi connectivity index (χ1n) is 9.15. The maximum absolute atomic E-state index is 12.2. The maximum atomic E-state index is 12.2. The lowest BCUT2D eigenvalue weighted by Gasteiger charge is -2.20. The average molecular weight is 381 g/mol. The van der Waals surface area contributed by atoms with Crippen LogP contribution in [0.5, 0.6) is 11.5 Å². The van der Waals surface area contributed by atoms with Crippen LogP contribution in [-0.4, -0.2) is 48.1 Å². The largest absolute Gasteiger partial charge is 0.490 e. The Bertz CT molecular complexity index is 624. The molecule has 0 saturated carbocycles. The topological polar surface area (TPSA) is 67.9 Å². The fourth-order valence-electron chi connectivity index (χ4n) is 2.56. The van der Waals surface area contributed by atoms with E-state index < -0.39 is 0 Å². The first-order chi connectivity index (χ1) is 12.5. The van der Waals surface area contributed by atoms with Crippen LogP contribution >= 0.6 is 11.8 Å². The minimum Gasteiger partial charge on any atom is -0.490 e. The highest BCUT2D eigenvalue weighted by molar-refractivity contribution is 8.13. The van der Waals surface area contributed by atoms with Crippen molar-refractivity contribution < 1.29 is 19.1 Å². The molecule has 1 aromatic carbocycles. The molecule has 2 rings (SSSR count). The van der Waals surface area contributed by atoms with E-state index in [1.54, 1.807) is 4.90 Å². The SMILES string of the molecule is CCCOc1ccc([C@@H](C)NC(=O)CN2CCSC2=O)cc1OCCC. The van der Waals surface area contributed by atoms with Gasteiger partial charge in [-0.2, -0.15) is 0 Å². The molecule has 1 aromatic rings. The molecule has 0 bridgehead atoms. The van der Waals surface area contributed by atoms with Gasteiger partial charge >= 0.3 is 0 Å². The molecule has 0 aromatic heterocycles. The van der Waals surface area contributed by atoms with Gasteiger partial charge in [-0.25, -0.2) is 0 Å². The number of ether oxygens (including phenoxy) is 2. The summed E-state index contributed by atoms with van der Waals surface area (Å²) in [7, 11) is 0. The molecule has 1 aliphatic heterocycles. The van der Waals surface area contributed by atoms with Gasteiger partial charge in [-0.15, -0.1) is 0 Å².